The molecule has 0 amide bonds. The third-order valence-corrected chi connectivity index (χ3v) is 3.08. The molecule has 0 radical (unpaired) electrons. The number of anilines is 1. The van der Waals surface area contributed by atoms with E-state index in [-0.39, 0.29) is 5.56 Å². The Morgan fingerprint density at radius 1 is 1.61 bits per heavy atom. The summed E-state index contributed by atoms with van der Waals surface area (Å²) in [5.74, 6) is 0. The van der Waals surface area contributed by atoms with Gasteiger partial charge in [0.2, 0.25) is 0 Å². The highest BCUT2D eigenvalue weighted by Crippen LogP contribution is 2.15. The van der Waals surface area contributed by atoms with Gasteiger partial charge < -0.3 is 10.1 Å². The van der Waals surface area contributed by atoms with Gasteiger partial charge in [0.25, 0.3) is 5.56 Å². The van der Waals surface area contributed by atoms with Crippen molar-refractivity contribution in [2.45, 2.75) is 19.9 Å². The minimum atomic E-state index is -0.130. The summed E-state index contributed by atoms with van der Waals surface area (Å²) in [4.78, 5) is 11.8. The molecule has 100 valence electrons. The summed E-state index contributed by atoms with van der Waals surface area (Å²) in [5.41, 5.74) is 0.562. The maximum absolute atomic E-state index is 11.8. The molecule has 18 heavy (non-hydrogen) atoms. The van der Waals surface area contributed by atoms with E-state index in [9.17, 15) is 4.79 Å². The number of aromatic nitrogens is 2. The Kier molecular flexibility index (Phi) is 6.67. The molecule has 1 aromatic rings. The van der Waals surface area contributed by atoms with Crippen LogP contribution in [0, 0.1) is 0 Å². The highest BCUT2D eigenvalue weighted by molar-refractivity contribution is 9.10. The van der Waals surface area contributed by atoms with Crippen molar-refractivity contribution >= 4 is 21.6 Å². The second kappa shape index (κ2) is 8.05. The fraction of sp³-hybridized carbons (Fsp3) is 0.500. The largest absolute Gasteiger partial charge is 0.380 e. The number of hydrogen-bond donors (Lipinski definition) is 1. The van der Waals surface area contributed by atoms with Crippen molar-refractivity contribution in [3.8, 4) is 0 Å². The first-order valence-corrected chi connectivity index (χ1v) is 6.68. The predicted molar refractivity (Wildman–Crippen MR) is 76.0 cm³/mol. The van der Waals surface area contributed by atoms with Gasteiger partial charge >= 0.3 is 0 Å². The van der Waals surface area contributed by atoms with Gasteiger partial charge in [0.15, 0.2) is 0 Å². The maximum atomic E-state index is 11.8. The third-order valence-electron chi connectivity index (χ3n) is 2.31. The third kappa shape index (κ3) is 4.27. The van der Waals surface area contributed by atoms with Crippen molar-refractivity contribution in [1.29, 1.82) is 0 Å². The van der Waals surface area contributed by atoms with E-state index in [4.69, 9.17) is 4.74 Å². The molecular formula is C12H18BrN3O2. The molecule has 0 saturated heterocycles. The fourth-order valence-corrected chi connectivity index (χ4v) is 1.79. The lowest BCUT2D eigenvalue weighted by atomic mass is 10.4. The van der Waals surface area contributed by atoms with E-state index in [1.807, 2.05) is 13.0 Å². The van der Waals surface area contributed by atoms with Gasteiger partial charge in [-0.3, -0.25) is 4.79 Å². The van der Waals surface area contributed by atoms with Gasteiger partial charge in [-0.15, -0.1) is 6.58 Å². The lowest BCUT2D eigenvalue weighted by molar-refractivity contribution is 0.149. The highest BCUT2D eigenvalue weighted by atomic mass is 79.9. The van der Waals surface area contributed by atoms with Crippen molar-refractivity contribution in [2.24, 2.45) is 0 Å². The van der Waals surface area contributed by atoms with Crippen LogP contribution in [0.5, 0.6) is 0 Å². The van der Waals surface area contributed by atoms with E-state index in [0.717, 1.165) is 6.42 Å². The molecule has 0 aliphatic rings. The SMILES string of the molecule is C=CCCOCCNc1cnn(CC)c(=O)c1Br. The van der Waals surface area contributed by atoms with Gasteiger partial charge in [0.1, 0.15) is 4.47 Å². The summed E-state index contributed by atoms with van der Waals surface area (Å²) in [5, 5.41) is 7.15. The molecule has 1 aromatic heterocycles. The standard InChI is InChI=1S/C12H18BrN3O2/c1-3-5-7-18-8-6-14-10-9-15-16(4-2)12(17)11(10)13/h3,9,14H,1,4-8H2,2H3. The molecule has 6 heteroatoms. The first-order chi connectivity index (χ1) is 8.70. The summed E-state index contributed by atoms with van der Waals surface area (Å²) < 4.78 is 7.26. The molecule has 0 saturated carbocycles. The van der Waals surface area contributed by atoms with E-state index in [0.29, 0.717) is 36.5 Å². The van der Waals surface area contributed by atoms with Gasteiger partial charge in [0.05, 0.1) is 25.1 Å². The van der Waals surface area contributed by atoms with Crippen LogP contribution < -0.4 is 10.9 Å². The average Bonchev–Trinajstić information content (AvgIpc) is 2.38. The van der Waals surface area contributed by atoms with E-state index in [2.05, 4.69) is 32.9 Å². The summed E-state index contributed by atoms with van der Waals surface area (Å²) in [6, 6.07) is 0. The van der Waals surface area contributed by atoms with Crippen LogP contribution in [0.4, 0.5) is 5.69 Å². The number of halogens is 1. The quantitative estimate of drug-likeness (QED) is 0.589. The Hall–Kier alpha value is -1.14. The summed E-state index contributed by atoms with van der Waals surface area (Å²) in [6.07, 6.45) is 4.30. The zero-order valence-electron chi connectivity index (χ0n) is 10.5. The van der Waals surface area contributed by atoms with Gasteiger partial charge in [0, 0.05) is 13.1 Å². The molecule has 0 fully saturated rings. The minimum Gasteiger partial charge on any atom is -0.380 e. The Balaban J connectivity index is 2.46. The fourth-order valence-electron chi connectivity index (χ4n) is 1.34. The lowest BCUT2D eigenvalue weighted by Crippen LogP contribution is -2.24. The van der Waals surface area contributed by atoms with E-state index >= 15 is 0 Å². The Morgan fingerprint density at radius 2 is 2.39 bits per heavy atom. The van der Waals surface area contributed by atoms with Crippen LogP contribution in [-0.4, -0.2) is 29.5 Å². The lowest BCUT2D eigenvalue weighted by Gasteiger charge is -2.09. The molecule has 0 spiro atoms. The molecule has 0 aliphatic carbocycles. The van der Waals surface area contributed by atoms with E-state index in [1.165, 1.54) is 4.68 Å². The van der Waals surface area contributed by atoms with E-state index < -0.39 is 0 Å². The number of nitrogens with zero attached hydrogens (tertiary/aromatic N) is 2. The predicted octanol–water partition coefficient (Wildman–Crippen LogP) is 2.03. The molecule has 0 unspecified atom stereocenters. The molecule has 0 bridgehead atoms. The van der Waals surface area contributed by atoms with Crippen LogP contribution in [0.2, 0.25) is 0 Å². The number of aryl methyl sites for hydroxylation is 1. The zero-order valence-corrected chi connectivity index (χ0v) is 12.1. The van der Waals surface area contributed by atoms with Crippen LogP contribution in [0.25, 0.3) is 0 Å². The molecule has 0 aliphatic heterocycles. The molecule has 5 nitrogen and oxygen atoms in total. The van der Waals surface area contributed by atoms with Crippen molar-refractivity contribution in [2.75, 3.05) is 25.1 Å². The van der Waals surface area contributed by atoms with Gasteiger partial charge in [-0.2, -0.15) is 5.10 Å². The first-order valence-electron chi connectivity index (χ1n) is 5.88. The number of nitrogens with one attached hydrogen (secondary N) is 1. The highest BCUT2D eigenvalue weighted by Gasteiger charge is 2.06. The second-order valence-corrected chi connectivity index (χ2v) is 4.40. The Bertz CT molecular complexity index is 445. The van der Waals surface area contributed by atoms with E-state index in [1.54, 1.807) is 6.20 Å². The van der Waals surface area contributed by atoms with Crippen molar-refractivity contribution in [1.82, 2.24) is 9.78 Å². The molecule has 1 N–H and O–H groups in total. The second-order valence-electron chi connectivity index (χ2n) is 3.61. The average molecular weight is 316 g/mol. The number of hydrogen-bond acceptors (Lipinski definition) is 4. The Morgan fingerprint density at radius 3 is 3.06 bits per heavy atom. The number of ether oxygens (including phenoxy) is 1. The smallest absolute Gasteiger partial charge is 0.283 e. The molecule has 1 heterocycles. The summed E-state index contributed by atoms with van der Waals surface area (Å²) in [7, 11) is 0. The van der Waals surface area contributed by atoms with Crippen LogP contribution in [-0.2, 0) is 11.3 Å². The van der Waals surface area contributed by atoms with Crippen LogP contribution in [0.1, 0.15) is 13.3 Å². The van der Waals surface area contributed by atoms with Crippen molar-refractivity contribution in [3.05, 3.63) is 33.7 Å². The van der Waals surface area contributed by atoms with Crippen LogP contribution in [0.15, 0.2) is 28.1 Å². The monoisotopic (exact) mass is 315 g/mol. The van der Waals surface area contributed by atoms with Crippen molar-refractivity contribution < 1.29 is 4.74 Å². The molecule has 0 aromatic carbocycles. The summed E-state index contributed by atoms with van der Waals surface area (Å²) in [6.45, 7) is 7.93. The van der Waals surface area contributed by atoms with Gasteiger partial charge in [-0.1, -0.05) is 6.08 Å². The normalized spacial score (nSPS) is 10.3. The molecular weight excluding hydrogens is 298 g/mol. The first kappa shape index (κ1) is 14.9. The maximum Gasteiger partial charge on any atom is 0.283 e. The van der Waals surface area contributed by atoms with Gasteiger partial charge in [-0.05, 0) is 29.3 Å². The van der Waals surface area contributed by atoms with Crippen LogP contribution in [0.3, 0.4) is 0 Å². The number of rotatable bonds is 8. The van der Waals surface area contributed by atoms with Crippen molar-refractivity contribution in [3.63, 3.8) is 0 Å². The summed E-state index contributed by atoms with van der Waals surface area (Å²) >= 11 is 3.28. The Labute approximate surface area is 115 Å². The molecule has 1 rings (SSSR count). The minimum absolute atomic E-state index is 0.130. The van der Waals surface area contributed by atoms with Crippen LogP contribution >= 0.6 is 15.9 Å². The zero-order chi connectivity index (χ0) is 13.4. The topological polar surface area (TPSA) is 56.1 Å². The molecule has 0 atom stereocenters. The van der Waals surface area contributed by atoms with Gasteiger partial charge in [-0.25, -0.2) is 4.68 Å².